The van der Waals surface area contributed by atoms with E-state index >= 15 is 0 Å². The summed E-state index contributed by atoms with van der Waals surface area (Å²) in [6.07, 6.45) is 1.00. The zero-order valence-electron chi connectivity index (χ0n) is 9.83. The summed E-state index contributed by atoms with van der Waals surface area (Å²) >= 11 is 3.24. The van der Waals surface area contributed by atoms with Crippen molar-refractivity contribution in [1.82, 2.24) is 4.90 Å². The van der Waals surface area contributed by atoms with E-state index in [1.165, 1.54) is 4.21 Å². The van der Waals surface area contributed by atoms with Gasteiger partial charge in [0.2, 0.25) is 5.91 Å². The highest BCUT2D eigenvalue weighted by molar-refractivity contribution is 8.01. The van der Waals surface area contributed by atoms with Crippen LogP contribution in [0.1, 0.15) is 13.3 Å². The molecule has 2 unspecified atom stereocenters. The lowest BCUT2D eigenvalue weighted by molar-refractivity contribution is -0.130. The molecule has 5 heteroatoms. The Hall–Kier alpha value is -0.520. The molecule has 94 valence electrons. The Morgan fingerprint density at radius 1 is 1.71 bits per heavy atom. The van der Waals surface area contributed by atoms with Gasteiger partial charge in [-0.15, -0.1) is 23.1 Å². The average Bonchev–Trinajstić information content (AvgIpc) is 2.94. The quantitative estimate of drug-likeness (QED) is 0.852. The lowest BCUT2D eigenvalue weighted by Gasteiger charge is -2.25. The maximum atomic E-state index is 12.1. The Balaban J connectivity index is 1.87. The van der Waals surface area contributed by atoms with Gasteiger partial charge in [-0.1, -0.05) is 13.0 Å². The van der Waals surface area contributed by atoms with Crippen LogP contribution in [0.15, 0.2) is 21.7 Å². The van der Waals surface area contributed by atoms with Crippen molar-refractivity contribution in [2.75, 3.05) is 18.9 Å². The molecule has 0 aromatic carbocycles. The maximum absolute atomic E-state index is 12.1. The number of amides is 1. The van der Waals surface area contributed by atoms with E-state index in [1.54, 1.807) is 23.1 Å². The van der Waals surface area contributed by atoms with Gasteiger partial charge < -0.3 is 10.0 Å². The minimum absolute atomic E-state index is 0.0198. The molecule has 3 nitrogen and oxygen atoms in total. The monoisotopic (exact) mass is 271 g/mol. The van der Waals surface area contributed by atoms with Crippen molar-refractivity contribution >= 4 is 29.0 Å². The van der Waals surface area contributed by atoms with E-state index in [0.29, 0.717) is 11.7 Å². The number of nitrogens with zero attached hydrogens (tertiary/aromatic N) is 1. The van der Waals surface area contributed by atoms with E-state index in [-0.39, 0.29) is 18.6 Å². The smallest absolute Gasteiger partial charge is 0.233 e. The third kappa shape index (κ3) is 3.03. The Bertz CT molecular complexity index is 367. The van der Waals surface area contributed by atoms with E-state index < -0.39 is 0 Å². The maximum Gasteiger partial charge on any atom is 0.233 e. The fourth-order valence-corrected chi connectivity index (χ4v) is 3.83. The van der Waals surface area contributed by atoms with Crippen molar-refractivity contribution in [3.8, 4) is 0 Å². The molecule has 2 atom stereocenters. The summed E-state index contributed by atoms with van der Waals surface area (Å²) in [5.41, 5.74) is 0. The number of hydrogen-bond acceptors (Lipinski definition) is 4. The molecule has 1 saturated heterocycles. The number of hydrogen-bond donors (Lipinski definition) is 1. The summed E-state index contributed by atoms with van der Waals surface area (Å²) in [4.78, 5) is 13.9. The molecule has 1 N–H and O–H groups in total. The fourth-order valence-electron chi connectivity index (χ4n) is 2.16. The Morgan fingerprint density at radius 2 is 2.53 bits per heavy atom. The van der Waals surface area contributed by atoms with Gasteiger partial charge >= 0.3 is 0 Å². The molecule has 0 aliphatic carbocycles. The van der Waals surface area contributed by atoms with Crippen LogP contribution < -0.4 is 0 Å². The van der Waals surface area contributed by atoms with Crippen LogP contribution in [0, 0.1) is 5.92 Å². The number of thioether (sulfide) groups is 1. The molecule has 2 heterocycles. The van der Waals surface area contributed by atoms with Crippen molar-refractivity contribution in [2.45, 2.75) is 23.6 Å². The van der Waals surface area contributed by atoms with Gasteiger partial charge in [-0.25, -0.2) is 0 Å². The van der Waals surface area contributed by atoms with Crippen LogP contribution in [0.25, 0.3) is 0 Å². The zero-order chi connectivity index (χ0) is 12.3. The van der Waals surface area contributed by atoms with Crippen molar-refractivity contribution in [3.63, 3.8) is 0 Å². The van der Waals surface area contributed by atoms with Gasteiger partial charge in [0.05, 0.1) is 22.6 Å². The van der Waals surface area contributed by atoms with Gasteiger partial charge in [-0.3, -0.25) is 4.79 Å². The van der Waals surface area contributed by atoms with Crippen LogP contribution in [0.4, 0.5) is 0 Å². The Morgan fingerprint density at radius 3 is 3.18 bits per heavy atom. The molecule has 1 aromatic rings. The third-order valence-electron chi connectivity index (χ3n) is 3.22. The highest BCUT2D eigenvalue weighted by Crippen LogP contribution is 2.27. The molecule has 17 heavy (non-hydrogen) atoms. The number of aliphatic hydroxyl groups is 1. The number of rotatable bonds is 4. The second-order valence-electron chi connectivity index (χ2n) is 4.32. The number of thiophene rings is 1. The first-order valence-corrected chi connectivity index (χ1v) is 7.65. The van der Waals surface area contributed by atoms with Crippen LogP contribution in [0.3, 0.4) is 0 Å². The van der Waals surface area contributed by atoms with Gasteiger partial charge in [-0.2, -0.15) is 0 Å². The fraction of sp³-hybridized carbons (Fsp3) is 0.583. The largest absolute Gasteiger partial charge is 0.394 e. The molecule has 1 aliphatic rings. The first-order chi connectivity index (χ1) is 8.22. The minimum atomic E-state index is 0.0198. The lowest BCUT2D eigenvalue weighted by atomic mass is 10.0. The summed E-state index contributed by atoms with van der Waals surface area (Å²) in [6.45, 7) is 2.97. The Labute approximate surface area is 110 Å². The third-order valence-corrected chi connectivity index (χ3v) is 5.34. The lowest BCUT2D eigenvalue weighted by Crippen LogP contribution is -2.40. The molecule has 1 amide bonds. The van der Waals surface area contributed by atoms with Gasteiger partial charge in [0, 0.05) is 6.54 Å². The van der Waals surface area contributed by atoms with Crippen LogP contribution in [0.5, 0.6) is 0 Å². The summed E-state index contributed by atoms with van der Waals surface area (Å²) in [7, 11) is 0. The number of likely N-dealkylation sites (tertiary alicyclic amines) is 1. The Kier molecular flexibility index (Phi) is 4.48. The SMILES string of the molecule is CC1CCN(C(=O)CSc2cccs2)C1CO. The molecule has 1 aromatic heterocycles. The summed E-state index contributed by atoms with van der Waals surface area (Å²) in [6, 6.07) is 4.04. The molecule has 1 aliphatic heterocycles. The van der Waals surface area contributed by atoms with Crippen LogP contribution in [0.2, 0.25) is 0 Å². The van der Waals surface area contributed by atoms with Gasteiger partial charge in [-0.05, 0) is 23.8 Å². The molecule has 1 fully saturated rings. The number of aliphatic hydroxyl groups excluding tert-OH is 1. The highest BCUT2D eigenvalue weighted by atomic mass is 32.2. The average molecular weight is 271 g/mol. The van der Waals surface area contributed by atoms with Crippen LogP contribution in [-0.4, -0.2) is 40.9 Å². The second-order valence-corrected chi connectivity index (χ2v) is 6.55. The predicted octanol–water partition coefficient (Wildman–Crippen LogP) is 2.07. The summed E-state index contributed by atoms with van der Waals surface area (Å²) in [5.74, 6) is 1.03. The van der Waals surface area contributed by atoms with E-state index in [0.717, 1.165) is 13.0 Å². The molecular weight excluding hydrogens is 254 g/mol. The van der Waals surface area contributed by atoms with E-state index in [9.17, 15) is 9.90 Å². The first kappa shape index (κ1) is 12.9. The van der Waals surface area contributed by atoms with E-state index in [2.05, 4.69) is 6.92 Å². The van der Waals surface area contributed by atoms with Crippen molar-refractivity contribution < 1.29 is 9.90 Å². The number of carbonyl (C=O) groups excluding carboxylic acids is 1. The predicted molar refractivity (Wildman–Crippen MR) is 71.4 cm³/mol. The number of carbonyl (C=O) groups is 1. The van der Waals surface area contributed by atoms with Crippen LogP contribution >= 0.6 is 23.1 Å². The minimum Gasteiger partial charge on any atom is -0.394 e. The first-order valence-electron chi connectivity index (χ1n) is 5.79. The van der Waals surface area contributed by atoms with Crippen molar-refractivity contribution in [1.29, 1.82) is 0 Å². The molecule has 0 saturated carbocycles. The summed E-state index contributed by atoms with van der Waals surface area (Å²) in [5, 5.41) is 11.3. The normalized spacial score (nSPS) is 24.2. The molecular formula is C12H17NO2S2. The highest BCUT2D eigenvalue weighted by Gasteiger charge is 2.33. The molecule has 2 rings (SSSR count). The van der Waals surface area contributed by atoms with Gasteiger partial charge in [0.15, 0.2) is 0 Å². The van der Waals surface area contributed by atoms with Crippen molar-refractivity contribution in [2.24, 2.45) is 5.92 Å². The molecule has 0 bridgehead atoms. The van der Waals surface area contributed by atoms with Gasteiger partial charge in [0.25, 0.3) is 0 Å². The topological polar surface area (TPSA) is 40.5 Å². The zero-order valence-corrected chi connectivity index (χ0v) is 11.5. The van der Waals surface area contributed by atoms with E-state index in [4.69, 9.17) is 0 Å². The van der Waals surface area contributed by atoms with Gasteiger partial charge in [0.1, 0.15) is 0 Å². The van der Waals surface area contributed by atoms with Crippen LogP contribution in [-0.2, 0) is 4.79 Å². The van der Waals surface area contributed by atoms with Crippen molar-refractivity contribution in [3.05, 3.63) is 17.5 Å². The van der Waals surface area contributed by atoms with E-state index in [1.807, 2.05) is 22.4 Å². The second kappa shape index (κ2) is 5.89. The summed E-state index contributed by atoms with van der Waals surface area (Å²) < 4.78 is 1.17. The molecule has 0 spiro atoms. The standard InChI is InChI=1S/C12H17NO2S2/c1-9-4-5-13(10(9)7-14)11(15)8-17-12-3-2-6-16-12/h2-3,6,9-10,14H,4-5,7-8H2,1H3. The molecule has 0 radical (unpaired) electrons.